The van der Waals surface area contributed by atoms with E-state index in [-0.39, 0.29) is 19.2 Å². The van der Waals surface area contributed by atoms with E-state index in [1.165, 1.54) is 161 Å². The van der Waals surface area contributed by atoms with Crippen LogP contribution in [0, 0.1) is 0 Å². The first kappa shape index (κ1) is 56.7. The lowest BCUT2D eigenvalue weighted by Gasteiger charge is -2.39. The predicted octanol–water partition coefficient (Wildman–Crippen LogP) is 12.1. The molecule has 9 nitrogen and oxygen atoms in total. The number of allylic oxidation sites excluding steroid dienone is 4. The number of unbranched alkanes of at least 4 members (excludes halogenated alkanes) is 29. The second-order valence-corrected chi connectivity index (χ2v) is 17.6. The van der Waals surface area contributed by atoms with E-state index in [1.807, 2.05) is 0 Å². The first-order valence-corrected chi connectivity index (χ1v) is 25.4. The van der Waals surface area contributed by atoms with E-state index in [1.54, 1.807) is 0 Å². The number of esters is 1. The largest absolute Gasteiger partial charge is 0.457 e. The molecule has 0 saturated carbocycles. The maximum atomic E-state index is 12.8. The zero-order chi connectivity index (χ0) is 43.6. The summed E-state index contributed by atoms with van der Waals surface area (Å²) in [5.74, 6) is -0.312. The second kappa shape index (κ2) is 42.9. The van der Waals surface area contributed by atoms with Crippen LogP contribution in [0.4, 0.5) is 0 Å². The number of hydrogen-bond acceptors (Lipinski definition) is 9. The van der Waals surface area contributed by atoms with Crippen molar-refractivity contribution in [3.8, 4) is 0 Å². The quantitative estimate of drug-likeness (QED) is 0.0268. The van der Waals surface area contributed by atoms with Gasteiger partial charge >= 0.3 is 5.97 Å². The Morgan fingerprint density at radius 2 is 0.967 bits per heavy atom. The molecule has 0 radical (unpaired) electrons. The SMILES string of the molecule is CCCCC/C=C\C/C=C\CCCCCCCCOCC(COC1OC(CO)C(O)C(O)C1O)OC(=O)CCCCCCCCCCCCCCCCCCCCCCC. The summed E-state index contributed by atoms with van der Waals surface area (Å²) in [5.41, 5.74) is 0. The van der Waals surface area contributed by atoms with Gasteiger partial charge in [0.05, 0.1) is 19.8 Å². The molecule has 1 rings (SSSR count). The zero-order valence-electron chi connectivity index (χ0n) is 39.0. The van der Waals surface area contributed by atoms with Crippen LogP contribution in [0.1, 0.15) is 232 Å². The van der Waals surface area contributed by atoms with Crippen LogP contribution in [0.2, 0.25) is 0 Å². The molecule has 0 amide bonds. The van der Waals surface area contributed by atoms with Gasteiger partial charge in [-0.1, -0.05) is 205 Å². The van der Waals surface area contributed by atoms with Crippen molar-refractivity contribution in [3.05, 3.63) is 24.3 Å². The maximum Gasteiger partial charge on any atom is 0.306 e. The molecular formula is C51H96O9. The van der Waals surface area contributed by atoms with Gasteiger partial charge in [0.15, 0.2) is 6.29 Å². The smallest absolute Gasteiger partial charge is 0.306 e. The minimum Gasteiger partial charge on any atom is -0.457 e. The van der Waals surface area contributed by atoms with E-state index >= 15 is 0 Å². The molecule has 0 aromatic heterocycles. The topological polar surface area (TPSA) is 135 Å². The van der Waals surface area contributed by atoms with Crippen LogP contribution in [0.5, 0.6) is 0 Å². The lowest BCUT2D eigenvalue weighted by atomic mass is 9.99. The van der Waals surface area contributed by atoms with Crippen LogP contribution < -0.4 is 0 Å². The minimum absolute atomic E-state index is 0.114. The molecule has 1 aliphatic rings. The van der Waals surface area contributed by atoms with Crippen molar-refractivity contribution in [1.82, 2.24) is 0 Å². The van der Waals surface area contributed by atoms with Crippen LogP contribution in [0.3, 0.4) is 0 Å². The molecule has 60 heavy (non-hydrogen) atoms. The Morgan fingerprint density at radius 1 is 0.533 bits per heavy atom. The first-order valence-electron chi connectivity index (χ1n) is 25.4. The fraction of sp³-hybridized carbons (Fsp3) is 0.902. The van der Waals surface area contributed by atoms with Gasteiger partial charge in [0.25, 0.3) is 0 Å². The normalized spacial score (nSPS) is 20.1. The Balaban J connectivity index is 2.20. The highest BCUT2D eigenvalue weighted by Crippen LogP contribution is 2.23. The molecule has 6 unspecified atom stereocenters. The summed E-state index contributed by atoms with van der Waals surface area (Å²) in [4.78, 5) is 12.8. The summed E-state index contributed by atoms with van der Waals surface area (Å²) in [5, 5.41) is 40.2. The number of carbonyl (C=O) groups is 1. The van der Waals surface area contributed by atoms with Crippen LogP contribution in [-0.2, 0) is 23.7 Å². The highest BCUT2D eigenvalue weighted by atomic mass is 16.7. The van der Waals surface area contributed by atoms with E-state index in [9.17, 15) is 25.2 Å². The van der Waals surface area contributed by atoms with E-state index in [0.717, 1.165) is 51.4 Å². The van der Waals surface area contributed by atoms with E-state index < -0.39 is 43.4 Å². The number of ether oxygens (including phenoxy) is 4. The first-order chi connectivity index (χ1) is 29.4. The summed E-state index contributed by atoms with van der Waals surface area (Å²) in [7, 11) is 0. The average molecular weight is 853 g/mol. The molecule has 4 N–H and O–H groups in total. The van der Waals surface area contributed by atoms with Crippen molar-refractivity contribution < 1.29 is 44.2 Å². The van der Waals surface area contributed by atoms with Crippen molar-refractivity contribution in [2.24, 2.45) is 0 Å². The molecular weight excluding hydrogens is 757 g/mol. The zero-order valence-corrected chi connectivity index (χ0v) is 39.0. The Bertz CT molecular complexity index is 972. The number of aliphatic hydroxyl groups excluding tert-OH is 4. The highest BCUT2D eigenvalue weighted by molar-refractivity contribution is 5.69. The third-order valence-electron chi connectivity index (χ3n) is 11.9. The second-order valence-electron chi connectivity index (χ2n) is 17.6. The van der Waals surface area contributed by atoms with Crippen molar-refractivity contribution in [3.63, 3.8) is 0 Å². The van der Waals surface area contributed by atoms with Gasteiger partial charge in [0.2, 0.25) is 0 Å². The standard InChI is InChI=1S/C51H96O9/c1-3-5-7-9-11-13-15-17-19-21-22-23-24-25-26-28-30-32-34-36-38-40-47(53)59-45(44-58-51-50(56)49(55)48(54)46(42-52)60-51)43-57-41-39-37-35-33-31-29-27-20-18-16-14-12-10-8-6-4-2/h12,14,18,20,45-46,48-52,54-56H,3-11,13,15-17,19,21-44H2,1-2H3/b14-12-,20-18-. The van der Waals surface area contributed by atoms with Gasteiger partial charge < -0.3 is 39.4 Å². The molecule has 0 spiro atoms. The molecule has 0 aliphatic carbocycles. The average Bonchev–Trinajstić information content (AvgIpc) is 3.25. The minimum atomic E-state index is -1.54. The summed E-state index contributed by atoms with van der Waals surface area (Å²) < 4.78 is 22.9. The third-order valence-corrected chi connectivity index (χ3v) is 11.9. The number of carbonyl (C=O) groups excluding carboxylic acids is 1. The van der Waals surface area contributed by atoms with Crippen LogP contribution in [0.25, 0.3) is 0 Å². The maximum absolute atomic E-state index is 12.8. The van der Waals surface area contributed by atoms with Gasteiger partial charge in [0.1, 0.15) is 30.5 Å². The Kier molecular flexibility index (Phi) is 40.6. The van der Waals surface area contributed by atoms with Crippen molar-refractivity contribution >= 4 is 5.97 Å². The molecule has 0 aromatic carbocycles. The fourth-order valence-electron chi connectivity index (χ4n) is 7.88. The Hall–Kier alpha value is -1.33. The summed E-state index contributed by atoms with van der Waals surface area (Å²) in [6.45, 7) is 4.55. The number of hydrogen-bond donors (Lipinski definition) is 4. The van der Waals surface area contributed by atoms with Gasteiger partial charge in [-0.05, 0) is 44.9 Å². The Morgan fingerprint density at radius 3 is 1.47 bits per heavy atom. The molecule has 0 aromatic rings. The van der Waals surface area contributed by atoms with E-state index in [2.05, 4.69) is 38.2 Å². The molecule has 1 saturated heterocycles. The van der Waals surface area contributed by atoms with E-state index in [0.29, 0.717) is 13.0 Å². The van der Waals surface area contributed by atoms with Crippen molar-refractivity contribution in [1.29, 1.82) is 0 Å². The van der Waals surface area contributed by atoms with Crippen molar-refractivity contribution in [2.75, 3.05) is 26.4 Å². The lowest BCUT2D eigenvalue weighted by Crippen LogP contribution is -2.59. The van der Waals surface area contributed by atoms with Crippen LogP contribution in [-0.4, -0.2) is 89.6 Å². The summed E-state index contributed by atoms with van der Waals surface area (Å²) in [6.07, 6.45) is 43.5. The number of aliphatic hydroxyl groups is 4. The van der Waals surface area contributed by atoms with Gasteiger partial charge in [-0.15, -0.1) is 0 Å². The van der Waals surface area contributed by atoms with Crippen LogP contribution in [0.15, 0.2) is 24.3 Å². The molecule has 1 aliphatic heterocycles. The molecule has 1 fully saturated rings. The van der Waals surface area contributed by atoms with Crippen molar-refractivity contribution in [2.45, 2.75) is 269 Å². The third kappa shape index (κ3) is 33.3. The van der Waals surface area contributed by atoms with E-state index in [4.69, 9.17) is 18.9 Å². The predicted molar refractivity (Wildman–Crippen MR) is 247 cm³/mol. The monoisotopic (exact) mass is 853 g/mol. The fourth-order valence-corrected chi connectivity index (χ4v) is 7.88. The molecule has 0 bridgehead atoms. The van der Waals surface area contributed by atoms with Gasteiger partial charge in [-0.25, -0.2) is 0 Å². The Labute approximate surface area is 368 Å². The number of rotatable bonds is 44. The summed E-state index contributed by atoms with van der Waals surface area (Å²) >= 11 is 0. The van der Waals surface area contributed by atoms with Crippen LogP contribution >= 0.6 is 0 Å². The molecule has 6 atom stereocenters. The molecule has 354 valence electrons. The van der Waals surface area contributed by atoms with Gasteiger partial charge in [-0.3, -0.25) is 4.79 Å². The summed E-state index contributed by atoms with van der Waals surface area (Å²) in [6, 6.07) is 0. The van der Waals surface area contributed by atoms with Gasteiger partial charge in [0, 0.05) is 13.0 Å². The highest BCUT2D eigenvalue weighted by Gasteiger charge is 2.44. The molecule has 1 heterocycles. The molecule has 9 heteroatoms. The lowest BCUT2D eigenvalue weighted by molar-refractivity contribution is -0.305. The van der Waals surface area contributed by atoms with Gasteiger partial charge in [-0.2, -0.15) is 0 Å².